The fraction of sp³-hybridized carbons (Fsp3) is 0.400. The van der Waals surface area contributed by atoms with Crippen LogP contribution >= 0.6 is 11.3 Å². The van der Waals surface area contributed by atoms with Crippen LogP contribution in [0.2, 0.25) is 0 Å². The monoisotopic (exact) mass is 278 g/mol. The van der Waals surface area contributed by atoms with E-state index >= 15 is 0 Å². The zero-order valence-electron chi connectivity index (χ0n) is 11.7. The van der Waals surface area contributed by atoms with Crippen LogP contribution in [0.5, 0.6) is 0 Å². The Morgan fingerprint density at radius 3 is 2.53 bits per heavy atom. The molecule has 2 nitrogen and oxygen atoms in total. The summed E-state index contributed by atoms with van der Waals surface area (Å²) in [5, 5.41) is 4.30. The van der Waals surface area contributed by atoms with E-state index in [4.69, 9.17) is 0 Å². The van der Waals surface area contributed by atoms with Crippen molar-refractivity contribution in [2.24, 2.45) is 0 Å². The lowest BCUT2D eigenvalue weighted by molar-refractivity contribution is 0.388. The molecule has 0 spiro atoms. The van der Waals surface area contributed by atoms with Gasteiger partial charge in [0.05, 0.1) is 11.2 Å². The van der Waals surface area contributed by atoms with E-state index in [1.165, 1.54) is 10.9 Å². The van der Waals surface area contributed by atoms with Crippen molar-refractivity contribution in [2.45, 2.75) is 32.7 Å². The number of nitrogens with zero attached hydrogens (tertiary/aromatic N) is 1. The maximum atomic E-state index is 13.8. The van der Waals surface area contributed by atoms with Crippen LogP contribution in [0.15, 0.2) is 24.3 Å². The van der Waals surface area contributed by atoms with Crippen LogP contribution in [0.1, 0.15) is 28.1 Å². The van der Waals surface area contributed by atoms with Crippen LogP contribution in [0.4, 0.5) is 4.39 Å². The summed E-state index contributed by atoms with van der Waals surface area (Å²) in [5.41, 5.74) is 1.42. The highest BCUT2D eigenvalue weighted by Gasteiger charge is 2.29. The molecule has 2 rings (SSSR count). The number of rotatable bonds is 4. The summed E-state index contributed by atoms with van der Waals surface area (Å²) < 4.78 is 13.8. The third kappa shape index (κ3) is 2.85. The van der Waals surface area contributed by atoms with Gasteiger partial charge in [0.1, 0.15) is 10.8 Å². The van der Waals surface area contributed by atoms with Gasteiger partial charge in [0.25, 0.3) is 0 Å². The Morgan fingerprint density at radius 1 is 1.32 bits per heavy atom. The van der Waals surface area contributed by atoms with Gasteiger partial charge in [-0.1, -0.05) is 18.2 Å². The van der Waals surface area contributed by atoms with Crippen LogP contribution in [0.25, 0.3) is 0 Å². The number of hydrogen-bond acceptors (Lipinski definition) is 3. The van der Waals surface area contributed by atoms with E-state index in [0.717, 1.165) is 10.7 Å². The average molecular weight is 278 g/mol. The number of nitrogens with one attached hydrogen (secondary N) is 1. The summed E-state index contributed by atoms with van der Waals surface area (Å²) in [6, 6.07) is 6.92. The molecule has 0 aliphatic rings. The predicted molar refractivity (Wildman–Crippen MR) is 78.1 cm³/mol. The zero-order chi connectivity index (χ0) is 14.0. The molecule has 102 valence electrons. The van der Waals surface area contributed by atoms with E-state index in [0.29, 0.717) is 12.0 Å². The van der Waals surface area contributed by atoms with Crippen molar-refractivity contribution in [3.05, 3.63) is 51.2 Å². The Balaban J connectivity index is 2.35. The lowest BCUT2D eigenvalue weighted by atomic mass is 9.93. The molecular weight excluding hydrogens is 259 g/mol. The molecule has 1 N–H and O–H groups in total. The van der Waals surface area contributed by atoms with Gasteiger partial charge in [0.2, 0.25) is 0 Å². The molecule has 19 heavy (non-hydrogen) atoms. The predicted octanol–water partition coefficient (Wildman–Crippen LogP) is 3.58. The summed E-state index contributed by atoms with van der Waals surface area (Å²) in [6.45, 7) is 6.14. The molecule has 0 fully saturated rings. The molecule has 0 saturated carbocycles. The number of likely N-dealkylation sites (N-methyl/N-ethyl adjacent to an activating group) is 1. The van der Waals surface area contributed by atoms with Crippen molar-refractivity contribution in [1.29, 1.82) is 0 Å². The van der Waals surface area contributed by atoms with Crippen molar-refractivity contribution in [1.82, 2.24) is 10.3 Å². The van der Waals surface area contributed by atoms with Crippen LogP contribution in [0.3, 0.4) is 0 Å². The van der Waals surface area contributed by atoms with Gasteiger partial charge in [-0.25, -0.2) is 9.37 Å². The van der Waals surface area contributed by atoms with Crippen molar-refractivity contribution in [3.8, 4) is 0 Å². The molecule has 0 bridgehead atoms. The third-order valence-corrected chi connectivity index (χ3v) is 4.89. The Morgan fingerprint density at radius 2 is 2.00 bits per heavy atom. The third-order valence-electron chi connectivity index (χ3n) is 3.55. The molecule has 1 aromatic carbocycles. The molecule has 1 aromatic heterocycles. The fourth-order valence-corrected chi connectivity index (χ4v) is 3.07. The van der Waals surface area contributed by atoms with E-state index in [9.17, 15) is 4.39 Å². The zero-order valence-corrected chi connectivity index (χ0v) is 12.6. The first kappa shape index (κ1) is 14.2. The Hall–Kier alpha value is -1.26. The number of benzene rings is 1. The van der Waals surface area contributed by atoms with Gasteiger partial charge in [-0.15, -0.1) is 11.3 Å². The minimum absolute atomic E-state index is 0.158. The lowest BCUT2D eigenvalue weighted by Gasteiger charge is -2.27. The second-order valence-corrected chi connectivity index (χ2v) is 6.21. The minimum Gasteiger partial charge on any atom is -0.308 e. The van der Waals surface area contributed by atoms with Gasteiger partial charge in [-0.3, -0.25) is 0 Å². The molecule has 0 aliphatic carbocycles. The highest BCUT2D eigenvalue weighted by Crippen LogP contribution is 2.30. The summed E-state index contributed by atoms with van der Waals surface area (Å²) in [4.78, 5) is 5.83. The first-order valence-corrected chi connectivity index (χ1v) is 7.15. The normalized spacial score (nSPS) is 14.4. The topological polar surface area (TPSA) is 24.9 Å². The second kappa shape index (κ2) is 5.39. The first-order valence-electron chi connectivity index (χ1n) is 6.33. The molecule has 0 radical (unpaired) electrons. The van der Waals surface area contributed by atoms with E-state index in [2.05, 4.69) is 24.1 Å². The first-order chi connectivity index (χ1) is 8.96. The number of hydrogen-bond donors (Lipinski definition) is 1. The van der Waals surface area contributed by atoms with Crippen LogP contribution in [0, 0.1) is 19.7 Å². The van der Waals surface area contributed by atoms with Crippen molar-refractivity contribution < 1.29 is 4.39 Å². The molecule has 4 heteroatoms. The molecule has 0 saturated heterocycles. The number of thiazole rings is 1. The molecule has 0 amide bonds. The summed E-state index contributed by atoms with van der Waals surface area (Å²) in [7, 11) is 1.90. The molecule has 1 atom stereocenters. The fourth-order valence-electron chi connectivity index (χ4n) is 2.00. The smallest absolute Gasteiger partial charge is 0.126 e. The molecule has 2 aromatic rings. The highest BCUT2D eigenvalue weighted by atomic mass is 32.1. The van der Waals surface area contributed by atoms with Gasteiger partial charge in [0.15, 0.2) is 0 Å². The van der Waals surface area contributed by atoms with Gasteiger partial charge >= 0.3 is 0 Å². The molecule has 1 unspecified atom stereocenters. The highest BCUT2D eigenvalue weighted by molar-refractivity contribution is 7.11. The standard InChI is InChI=1S/C15H19FN2S/c1-10-11(2)19-14(18-10)15(3,17-4)9-12-7-5-6-8-13(12)16/h5-8,17H,9H2,1-4H3. The van der Waals surface area contributed by atoms with Gasteiger partial charge in [0, 0.05) is 4.88 Å². The van der Waals surface area contributed by atoms with Crippen molar-refractivity contribution in [3.63, 3.8) is 0 Å². The van der Waals surface area contributed by atoms with E-state index in [1.54, 1.807) is 17.4 Å². The second-order valence-electron chi connectivity index (χ2n) is 5.01. The van der Waals surface area contributed by atoms with E-state index in [1.807, 2.05) is 26.1 Å². The van der Waals surface area contributed by atoms with Crippen LogP contribution < -0.4 is 5.32 Å². The van der Waals surface area contributed by atoms with Crippen molar-refractivity contribution in [2.75, 3.05) is 7.05 Å². The summed E-state index contributed by atoms with van der Waals surface area (Å²) >= 11 is 1.67. The number of aromatic nitrogens is 1. The summed E-state index contributed by atoms with van der Waals surface area (Å²) in [6.07, 6.45) is 0.586. The minimum atomic E-state index is -0.341. The number of halogens is 1. The Bertz CT molecular complexity index is 560. The largest absolute Gasteiger partial charge is 0.308 e. The van der Waals surface area contributed by atoms with Gasteiger partial charge in [-0.2, -0.15) is 0 Å². The number of aryl methyl sites for hydroxylation is 2. The van der Waals surface area contributed by atoms with E-state index in [-0.39, 0.29) is 11.4 Å². The van der Waals surface area contributed by atoms with Crippen LogP contribution in [-0.4, -0.2) is 12.0 Å². The maximum Gasteiger partial charge on any atom is 0.126 e. The molecular formula is C15H19FN2S. The maximum absolute atomic E-state index is 13.8. The molecule has 1 heterocycles. The van der Waals surface area contributed by atoms with Gasteiger partial charge in [-0.05, 0) is 45.9 Å². The SMILES string of the molecule is CNC(C)(Cc1ccccc1F)c1nc(C)c(C)s1. The Kier molecular flexibility index (Phi) is 4.02. The lowest BCUT2D eigenvalue weighted by Crippen LogP contribution is -2.39. The van der Waals surface area contributed by atoms with Gasteiger partial charge < -0.3 is 5.32 Å². The quantitative estimate of drug-likeness (QED) is 0.924. The van der Waals surface area contributed by atoms with Crippen molar-refractivity contribution >= 4 is 11.3 Å². The average Bonchev–Trinajstić information content (AvgIpc) is 2.73. The Labute approximate surface area is 117 Å². The molecule has 0 aliphatic heterocycles. The van der Waals surface area contributed by atoms with E-state index < -0.39 is 0 Å². The van der Waals surface area contributed by atoms with Crippen LogP contribution in [-0.2, 0) is 12.0 Å². The summed E-state index contributed by atoms with van der Waals surface area (Å²) in [5.74, 6) is -0.158.